The quantitative estimate of drug-likeness (QED) is 0.0958. The van der Waals surface area contributed by atoms with Gasteiger partial charge in [-0.1, -0.05) is 81.4 Å². The molecule has 1 amide bonds. The van der Waals surface area contributed by atoms with Gasteiger partial charge in [0, 0.05) is 30.5 Å². The SMILES string of the molecule is CCOC(=O)/C(=C/c1cn(C2CCC(O[Si](c3ccccc3)(c3ccccc3)C(C)(C)C)CC2)cn1)CCCNC(=O)OC(C)(C)C. The molecule has 4 rings (SSSR count). The molecule has 0 unspecified atom stereocenters. The fraction of sp³-hybridized carbons (Fsp3) is 0.500. The molecular weight excluding hydrogens is 607 g/mol. The van der Waals surface area contributed by atoms with Crippen LogP contribution in [0.2, 0.25) is 5.04 Å². The van der Waals surface area contributed by atoms with Crippen molar-refractivity contribution < 1.29 is 23.5 Å². The number of amides is 1. The standard InChI is InChI=1S/C38H53N3O5Si/c1-8-44-35(42)29(16-15-25-39-36(43)45-37(2,3)4)26-30-27-41(28-40-30)31-21-23-32(24-22-31)46-47(38(5,6)7,33-17-11-9-12-18-33)34-19-13-10-14-20-34/h9-14,17-20,26-28,31-32H,8,15-16,21-25H2,1-7H3,(H,39,43)/b29-26+. The minimum Gasteiger partial charge on any atom is -0.463 e. The molecule has 1 heterocycles. The first-order valence-corrected chi connectivity index (χ1v) is 18.9. The molecule has 254 valence electrons. The van der Waals surface area contributed by atoms with Gasteiger partial charge in [-0.15, -0.1) is 0 Å². The number of aromatic nitrogens is 2. The Kier molecular flexibility index (Phi) is 12.3. The maximum atomic E-state index is 12.7. The van der Waals surface area contributed by atoms with Gasteiger partial charge >= 0.3 is 12.1 Å². The smallest absolute Gasteiger partial charge is 0.407 e. The van der Waals surface area contributed by atoms with Gasteiger partial charge in [0.15, 0.2) is 0 Å². The minimum absolute atomic E-state index is 0.0550. The third-order valence-corrected chi connectivity index (χ3v) is 13.7. The number of nitrogens with zero attached hydrogens (tertiary/aromatic N) is 2. The number of alkyl carbamates (subject to hydrolysis) is 1. The molecule has 2 aromatic carbocycles. The van der Waals surface area contributed by atoms with Crippen LogP contribution in [0.4, 0.5) is 4.79 Å². The topological polar surface area (TPSA) is 91.7 Å². The van der Waals surface area contributed by atoms with Crippen molar-refractivity contribution in [2.24, 2.45) is 0 Å². The van der Waals surface area contributed by atoms with Gasteiger partial charge in [0.25, 0.3) is 8.32 Å². The van der Waals surface area contributed by atoms with Crippen LogP contribution in [0.25, 0.3) is 6.08 Å². The monoisotopic (exact) mass is 659 g/mol. The normalized spacial score (nSPS) is 17.6. The molecule has 8 nitrogen and oxygen atoms in total. The van der Waals surface area contributed by atoms with Crippen molar-refractivity contribution >= 4 is 36.8 Å². The number of ether oxygens (including phenoxy) is 2. The largest absolute Gasteiger partial charge is 0.463 e. The van der Waals surface area contributed by atoms with Crippen molar-refractivity contribution in [3.63, 3.8) is 0 Å². The van der Waals surface area contributed by atoms with E-state index in [1.165, 1.54) is 10.4 Å². The summed E-state index contributed by atoms with van der Waals surface area (Å²) in [5.74, 6) is -0.361. The van der Waals surface area contributed by atoms with Crippen molar-refractivity contribution in [3.05, 3.63) is 84.5 Å². The number of benzene rings is 2. The van der Waals surface area contributed by atoms with E-state index in [9.17, 15) is 9.59 Å². The highest BCUT2D eigenvalue weighted by molar-refractivity contribution is 6.99. The van der Waals surface area contributed by atoms with Gasteiger partial charge in [0.05, 0.1) is 18.6 Å². The van der Waals surface area contributed by atoms with E-state index in [0.717, 1.165) is 31.4 Å². The average Bonchev–Trinajstić information content (AvgIpc) is 3.50. The van der Waals surface area contributed by atoms with Crippen LogP contribution in [-0.2, 0) is 18.7 Å². The molecule has 1 aliphatic rings. The van der Waals surface area contributed by atoms with E-state index >= 15 is 0 Å². The van der Waals surface area contributed by atoms with Crippen LogP contribution in [-0.4, -0.2) is 54.8 Å². The van der Waals surface area contributed by atoms with E-state index in [0.29, 0.717) is 37.6 Å². The highest BCUT2D eigenvalue weighted by atomic mass is 28.4. The maximum Gasteiger partial charge on any atom is 0.407 e. The number of hydrogen-bond donors (Lipinski definition) is 1. The van der Waals surface area contributed by atoms with Crippen LogP contribution in [0.3, 0.4) is 0 Å². The Bertz CT molecular complexity index is 1430. The molecule has 0 saturated heterocycles. The molecule has 0 spiro atoms. The van der Waals surface area contributed by atoms with E-state index < -0.39 is 20.0 Å². The predicted molar refractivity (Wildman–Crippen MR) is 190 cm³/mol. The summed E-state index contributed by atoms with van der Waals surface area (Å²) in [6, 6.07) is 22.0. The summed E-state index contributed by atoms with van der Waals surface area (Å²) >= 11 is 0. The van der Waals surface area contributed by atoms with Crippen molar-refractivity contribution in [3.8, 4) is 0 Å². The molecule has 3 aromatic rings. The van der Waals surface area contributed by atoms with Gasteiger partial charge in [-0.3, -0.25) is 0 Å². The molecule has 1 N–H and O–H groups in total. The second-order valence-corrected chi connectivity index (χ2v) is 18.6. The first kappa shape index (κ1) is 36.1. The lowest BCUT2D eigenvalue weighted by molar-refractivity contribution is -0.138. The van der Waals surface area contributed by atoms with Crippen molar-refractivity contribution in [1.82, 2.24) is 14.9 Å². The zero-order chi connectivity index (χ0) is 34.1. The second kappa shape index (κ2) is 15.9. The van der Waals surface area contributed by atoms with E-state index in [1.807, 2.05) is 33.3 Å². The van der Waals surface area contributed by atoms with Gasteiger partial charge in [-0.2, -0.15) is 0 Å². The van der Waals surface area contributed by atoms with Crippen LogP contribution in [0, 0.1) is 0 Å². The fourth-order valence-electron chi connectivity index (χ4n) is 6.45. The van der Waals surface area contributed by atoms with Crippen molar-refractivity contribution in [1.29, 1.82) is 0 Å². The maximum absolute atomic E-state index is 12.7. The van der Waals surface area contributed by atoms with Gasteiger partial charge in [-0.05, 0) is 87.7 Å². The second-order valence-electron chi connectivity index (χ2n) is 14.4. The Morgan fingerprint density at radius 3 is 2.06 bits per heavy atom. The summed E-state index contributed by atoms with van der Waals surface area (Å²) in [4.78, 5) is 29.4. The first-order chi connectivity index (χ1) is 22.3. The number of imidazole rings is 1. The zero-order valence-corrected chi connectivity index (χ0v) is 30.3. The summed E-state index contributed by atoms with van der Waals surface area (Å²) in [7, 11) is -2.60. The Balaban J connectivity index is 1.43. The molecular formula is C38H53N3O5Si. The van der Waals surface area contributed by atoms with Crippen LogP contribution in [0.15, 0.2) is 78.8 Å². The van der Waals surface area contributed by atoms with E-state index in [2.05, 4.69) is 96.3 Å². The Morgan fingerprint density at radius 1 is 0.936 bits per heavy atom. The number of esters is 1. The van der Waals surface area contributed by atoms with Gasteiger partial charge < -0.3 is 23.8 Å². The van der Waals surface area contributed by atoms with Crippen molar-refractivity contribution in [2.45, 2.75) is 110 Å². The lowest BCUT2D eigenvalue weighted by Crippen LogP contribution is -2.67. The summed E-state index contributed by atoms with van der Waals surface area (Å²) in [5.41, 5.74) is 0.693. The van der Waals surface area contributed by atoms with Crippen LogP contribution >= 0.6 is 0 Å². The number of hydrogen-bond acceptors (Lipinski definition) is 6. The average molecular weight is 660 g/mol. The Morgan fingerprint density at radius 2 is 1.53 bits per heavy atom. The molecule has 1 saturated carbocycles. The molecule has 0 aliphatic heterocycles. The van der Waals surface area contributed by atoms with Crippen LogP contribution in [0.1, 0.15) is 98.7 Å². The number of rotatable bonds is 12. The Labute approximate surface area is 282 Å². The molecule has 1 fully saturated rings. The van der Waals surface area contributed by atoms with Crippen molar-refractivity contribution in [2.75, 3.05) is 13.2 Å². The fourth-order valence-corrected chi connectivity index (χ4v) is 11.2. The lowest BCUT2D eigenvalue weighted by atomic mass is 9.93. The van der Waals surface area contributed by atoms with Gasteiger partial charge in [0.2, 0.25) is 0 Å². The molecule has 0 bridgehead atoms. The first-order valence-electron chi connectivity index (χ1n) is 17.0. The highest BCUT2D eigenvalue weighted by Gasteiger charge is 2.51. The summed E-state index contributed by atoms with van der Waals surface area (Å²) in [6.07, 6.45) is 10.3. The Hall–Kier alpha value is -3.69. The molecule has 9 heteroatoms. The zero-order valence-electron chi connectivity index (χ0n) is 29.3. The number of nitrogens with one attached hydrogen (secondary N) is 1. The third kappa shape index (κ3) is 9.67. The number of carbonyl (C=O) groups is 2. The third-order valence-electron chi connectivity index (χ3n) is 8.60. The van der Waals surface area contributed by atoms with Gasteiger partial charge in [0.1, 0.15) is 5.60 Å². The molecule has 1 aromatic heterocycles. The molecule has 47 heavy (non-hydrogen) atoms. The summed E-state index contributed by atoms with van der Waals surface area (Å²) in [6.45, 7) is 14.9. The minimum atomic E-state index is -2.60. The van der Waals surface area contributed by atoms with Crippen LogP contribution < -0.4 is 15.7 Å². The molecule has 1 aliphatic carbocycles. The highest BCUT2D eigenvalue weighted by Crippen LogP contribution is 2.40. The van der Waals surface area contributed by atoms with E-state index in [1.54, 1.807) is 13.0 Å². The lowest BCUT2D eigenvalue weighted by Gasteiger charge is -2.46. The van der Waals surface area contributed by atoms with Crippen LogP contribution in [0.5, 0.6) is 0 Å². The summed E-state index contributed by atoms with van der Waals surface area (Å²) in [5, 5.41) is 5.32. The van der Waals surface area contributed by atoms with Gasteiger partial charge in [-0.25, -0.2) is 14.6 Å². The van der Waals surface area contributed by atoms with E-state index in [4.69, 9.17) is 13.9 Å². The summed E-state index contributed by atoms with van der Waals surface area (Å²) < 4.78 is 20.2. The number of carbonyl (C=O) groups excluding carboxylic acids is 2. The molecule has 0 radical (unpaired) electrons. The predicted octanol–water partition coefficient (Wildman–Crippen LogP) is 7.19. The van der Waals surface area contributed by atoms with E-state index in [-0.39, 0.29) is 17.1 Å². The molecule has 0 atom stereocenters.